The number of ether oxygens (including phenoxy) is 2. The number of aromatic nitrogens is 1. The highest BCUT2D eigenvalue weighted by atomic mass is 32.1. The van der Waals surface area contributed by atoms with Crippen molar-refractivity contribution in [3.63, 3.8) is 0 Å². The van der Waals surface area contributed by atoms with Crippen molar-refractivity contribution in [3.05, 3.63) is 34.3 Å². The SMILES string of the molecule is CCOc1cc(NC(=NC)NCc2cnc(C)s2)ccc1OC. The fourth-order valence-corrected chi connectivity index (χ4v) is 2.73. The molecule has 0 aliphatic rings. The van der Waals surface area contributed by atoms with Gasteiger partial charge in [-0.2, -0.15) is 0 Å². The van der Waals surface area contributed by atoms with Gasteiger partial charge in [-0.25, -0.2) is 4.98 Å². The lowest BCUT2D eigenvalue weighted by Gasteiger charge is -2.14. The van der Waals surface area contributed by atoms with E-state index in [0.717, 1.165) is 15.6 Å². The topological polar surface area (TPSA) is 67.8 Å². The number of methoxy groups -OCH3 is 1. The van der Waals surface area contributed by atoms with E-state index in [1.807, 2.05) is 38.2 Å². The second kappa shape index (κ2) is 8.38. The molecule has 23 heavy (non-hydrogen) atoms. The maximum absolute atomic E-state index is 5.58. The van der Waals surface area contributed by atoms with Crippen molar-refractivity contribution >= 4 is 23.0 Å². The van der Waals surface area contributed by atoms with E-state index in [0.29, 0.717) is 30.6 Å². The average Bonchev–Trinajstić information content (AvgIpc) is 2.97. The highest BCUT2D eigenvalue weighted by Crippen LogP contribution is 2.30. The van der Waals surface area contributed by atoms with Gasteiger partial charge in [0.2, 0.25) is 0 Å². The Morgan fingerprint density at radius 3 is 2.78 bits per heavy atom. The van der Waals surface area contributed by atoms with Crippen molar-refractivity contribution in [2.75, 3.05) is 26.1 Å². The van der Waals surface area contributed by atoms with E-state index in [1.165, 1.54) is 0 Å². The maximum Gasteiger partial charge on any atom is 0.195 e. The van der Waals surface area contributed by atoms with Crippen molar-refractivity contribution in [2.45, 2.75) is 20.4 Å². The van der Waals surface area contributed by atoms with Crippen molar-refractivity contribution in [2.24, 2.45) is 4.99 Å². The quantitative estimate of drug-likeness (QED) is 0.628. The number of benzene rings is 1. The van der Waals surface area contributed by atoms with Gasteiger partial charge in [-0.05, 0) is 26.0 Å². The van der Waals surface area contributed by atoms with E-state index in [9.17, 15) is 0 Å². The van der Waals surface area contributed by atoms with E-state index in [4.69, 9.17) is 9.47 Å². The van der Waals surface area contributed by atoms with Crippen molar-refractivity contribution < 1.29 is 9.47 Å². The second-order valence-electron chi connectivity index (χ2n) is 4.70. The van der Waals surface area contributed by atoms with Gasteiger partial charge in [-0.3, -0.25) is 4.99 Å². The number of hydrogen-bond donors (Lipinski definition) is 2. The highest BCUT2D eigenvalue weighted by Gasteiger charge is 2.07. The summed E-state index contributed by atoms with van der Waals surface area (Å²) in [6.07, 6.45) is 1.88. The summed E-state index contributed by atoms with van der Waals surface area (Å²) in [4.78, 5) is 9.64. The number of rotatable bonds is 6. The molecule has 1 aromatic carbocycles. The Morgan fingerprint density at radius 2 is 2.17 bits per heavy atom. The van der Waals surface area contributed by atoms with Crippen molar-refractivity contribution in [1.29, 1.82) is 0 Å². The molecule has 0 amide bonds. The van der Waals surface area contributed by atoms with Gasteiger partial charge in [0.25, 0.3) is 0 Å². The van der Waals surface area contributed by atoms with Crippen molar-refractivity contribution in [1.82, 2.24) is 10.3 Å². The van der Waals surface area contributed by atoms with Crippen molar-refractivity contribution in [3.8, 4) is 11.5 Å². The Morgan fingerprint density at radius 1 is 1.35 bits per heavy atom. The normalized spacial score (nSPS) is 11.2. The first-order chi connectivity index (χ1) is 11.2. The summed E-state index contributed by atoms with van der Waals surface area (Å²) >= 11 is 1.67. The van der Waals surface area contributed by atoms with Crippen LogP contribution in [0.25, 0.3) is 0 Å². The zero-order chi connectivity index (χ0) is 16.7. The molecule has 0 aliphatic heterocycles. The van der Waals surface area contributed by atoms with Crippen LogP contribution < -0.4 is 20.1 Å². The van der Waals surface area contributed by atoms with Gasteiger partial charge < -0.3 is 20.1 Å². The first-order valence-electron chi connectivity index (χ1n) is 7.36. The van der Waals surface area contributed by atoms with Gasteiger partial charge in [-0.15, -0.1) is 11.3 Å². The number of aliphatic imine (C=N–C) groups is 1. The summed E-state index contributed by atoms with van der Waals surface area (Å²) in [5, 5.41) is 7.56. The van der Waals surface area contributed by atoms with Crippen LogP contribution in [0.2, 0.25) is 0 Å². The van der Waals surface area contributed by atoms with Crippen LogP contribution >= 0.6 is 11.3 Å². The molecular formula is C16H22N4O2S. The number of anilines is 1. The smallest absolute Gasteiger partial charge is 0.195 e. The van der Waals surface area contributed by atoms with Crippen LogP contribution in [0.5, 0.6) is 11.5 Å². The van der Waals surface area contributed by atoms with Gasteiger partial charge in [0.15, 0.2) is 17.5 Å². The maximum atomic E-state index is 5.58. The average molecular weight is 334 g/mol. The Hall–Kier alpha value is -2.28. The fourth-order valence-electron chi connectivity index (χ4n) is 2.00. The van der Waals surface area contributed by atoms with Gasteiger partial charge in [0.1, 0.15) is 0 Å². The lowest BCUT2D eigenvalue weighted by Crippen LogP contribution is -2.29. The molecule has 1 aromatic heterocycles. The lowest BCUT2D eigenvalue weighted by atomic mass is 10.2. The first-order valence-corrected chi connectivity index (χ1v) is 8.17. The Bertz CT molecular complexity index is 670. The summed E-state index contributed by atoms with van der Waals surface area (Å²) in [7, 11) is 3.36. The molecule has 0 atom stereocenters. The third-order valence-corrected chi connectivity index (χ3v) is 3.96. The molecule has 0 saturated heterocycles. The van der Waals surface area contributed by atoms with E-state index >= 15 is 0 Å². The minimum atomic E-state index is 0.581. The zero-order valence-corrected chi connectivity index (χ0v) is 14.7. The van der Waals surface area contributed by atoms with Gasteiger partial charge >= 0.3 is 0 Å². The standard InChI is InChI=1S/C16H22N4O2S/c1-5-22-15-8-12(6-7-14(15)21-4)20-16(17-3)19-10-13-9-18-11(2)23-13/h6-9H,5,10H2,1-4H3,(H2,17,19,20). The molecule has 124 valence electrons. The number of nitrogens with one attached hydrogen (secondary N) is 2. The number of nitrogens with zero attached hydrogens (tertiary/aromatic N) is 2. The molecule has 0 saturated carbocycles. The molecule has 1 heterocycles. The lowest BCUT2D eigenvalue weighted by molar-refractivity contribution is 0.311. The monoisotopic (exact) mass is 334 g/mol. The number of thiazole rings is 1. The van der Waals surface area contributed by atoms with E-state index in [2.05, 4.69) is 20.6 Å². The van der Waals surface area contributed by atoms with Crippen LogP contribution in [0.3, 0.4) is 0 Å². The molecular weight excluding hydrogens is 312 g/mol. The van der Waals surface area contributed by atoms with E-state index in [-0.39, 0.29) is 0 Å². The number of guanidine groups is 1. The molecule has 7 heteroatoms. The van der Waals surface area contributed by atoms with E-state index in [1.54, 1.807) is 25.5 Å². The fraction of sp³-hybridized carbons (Fsp3) is 0.375. The Balaban J connectivity index is 2.02. The third-order valence-electron chi connectivity index (χ3n) is 3.05. The predicted octanol–water partition coefficient (Wildman–Crippen LogP) is 3.05. The van der Waals surface area contributed by atoms with Crippen LogP contribution in [0.15, 0.2) is 29.4 Å². The number of hydrogen-bond acceptors (Lipinski definition) is 5. The minimum Gasteiger partial charge on any atom is -0.493 e. The van der Waals surface area contributed by atoms with Gasteiger partial charge in [0.05, 0.1) is 25.3 Å². The molecule has 0 fully saturated rings. The predicted molar refractivity (Wildman–Crippen MR) is 94.8 cm³/mol. The molecule has 0 bridgehead atoms. The van der Waals surface area contributed by atoms with Crippen LogP contribution in [0.4, 0.5) is 5.69 Å². The van der Waals surface area contributed by atoms with Crippen LogP contribution in [-0.4, -0.2) is 31.7 Å². The largest absolute Gasteiger partial charge is 0.493 e. The molecule has 0 spiro atoms. The van der Waals surface area contributed by atoms with E-state index < -0.39 is 0 Å². The summed E-state index contributed by atoms with van der Waals surface area (Å²) < 4.78 is 10.9. The summed E-state index contributed by atoms with van der Waals surface area (Å²) in [6, 6.07) is 5.68. The first kappa shape index (κ1) is 17.1. The molecule has 0 radical (unpaired) electrons. The molecule has 2 aromatic rings. The van der Waals surface area contributed by atoms with Crippen LogP contribution in [-0.2, 0) is 6.54 Å². The summed E-state index contributed by atoms with van der Waals surface area (Å²) in [5.41, 5.74) is 0.878. The molecule has 0 aliphatic carbocycles. The molecule has 0 unspecified atom stereocenters. The Labute approximate surface area is 140 Å². The van der Waals surface area contributed by atoms with Gasteiger partial charge in [0, 0.05) is 29.9 Å². The minimum absolute atomic E-state index is 0.581. The second-order valence-corrected chi connectivity index (χ2v) is 6.01. The zero-order valence-electron chi connectivity index (χ0n) is 13.8. The molecule has 6 nitrogen and oxygen atoms in total. The summed E-state index contributed by atoms with van der Waals surface area (Å²) in [6.45, 7) is 5.20. The molecule has 2 rings (SSSR count). The Kier molecular flexibility index (Phi) is 6.22. The number of aryl methyl sites for hydroxylation is 1. The van der Waals surface area contributed by atoms with Crippen LogP contribution in [0.1, 0.15) is 16.8 Å². The molecule has 2 N–H and O–H groups in total. The summed E-state index contributed by atoms with van der Waals surface area (Å²) in [5.74, 6) is 2.10. The third kappa shape index (κ3) is 4.85. The van der Waals surface area contributed by atoms with Gasteiger partial charge in [-0.1, -0.05) is 0 Å². The highest BCUT2D eigenvalue weighted by molar-refractivity contribution is 7.11. The van der Waals surface area contributed by atoms with Crippen LogP contribution in [0, 0.1) is 6.92 Å².